The maximum Gasteiger partial charge on any atom is 0.188 e. The molecule has 0 rings (SSSR count). The molecule has 0 amide bonds. The Balaban J connectivity index is 4.74. The van der Waals surface area contributed by atoms with Gasteiger partial charge in [0, 0.05) is 5.57 Å². The molecular formula is C12H20FNO. The van der Waals surface area contributed by atoms with E-state index in [4.69, 9.17) is 10.5 Å². The molecule has 3 heteroatoms. The van der Waals surface area contributed by atoms with Gasteiger partial charge in [-0.25, -0.2) is 0 Å². The van der Waals surface area contributed by atoms with E-state index in [2.05, 4.69) is 6.58 Å². The van der Waals surface area contributed by atoms with Crippen LogP contribution < -0.4 is 5.73 Å². The first-order valence-corrected chi connectivity index (χ1v) is 4.94. The van der Waals surface area contributed by atoms with Gasteiger partial charge in [0.1, 0.15) is 5.76 Å². The summed E-state index contributed by atoms with van der Waals surface area (Å²) in [7, 11) is 0. The van der Waals surface area contributed by atoms with Crippen molar-refractivity contribution in [2.45, 2.75) is 27.7 Å². The number of ether oxygens (including phenoxy) is 1. The Morgan fingerprint density at radius 1 is 1.40 bits per heavy atom. The van der Waals surface area contributed by atoms with Gasteiger partial charge in [0.05, 0.1) is 6.61 Å². The van der Waals surface area contributed by atoms with Crippen molar-refractivity contribution in [1.29, 1.82) is 0 Å². The highest BCUT2D eigenvalue weighted by molar-refractivity contribution is 5.29. The molecule has 2 N–H and O–H groups in total. The molecule has 15 heavy (non-hydrogen) atoms. The van der Waals surface area contributed by atoms with Gasteiger partial charge in [-0.05, 0) is 18.4 Å². The summed E-state index contributed by atoms with van der Waals surface area (Å²) in [6.45, 7) is 11.7. The minimum Gasteiger partial charge on any atom is -0.495 e. The SMILES string of the molecule is C=C(/C=C\C(=C(/N)F)C(C)(C)C)OCC. The van der Waals surface area contributed by atoms with Crippen LogP contribution in [-0.2, 0) is 4.74 Å². The molecule has 0 aromatic heterocycles. The molecule has 0 heterocycles. The number of hydrogen-bond donors (Lipinski definition) is 1. The number of allylic oxidation sites excluding steroid dienone is 3. The summed E-state index contributed by atoms with van der Waals surface area (Å²) in [5.41, 5.74) is 5.29. The van der Waals surface area contributed by atoms with Crippen molar-refractivity contribution in [2.24, 2.45) is 11.1 Å². The monoisotopic (exact) mass is 213 g/mol. The van der Waals surface area contributed by atoms with Gasteiger partial charge in [-0.15, -0.1) is 0 Å². The van der Waals surface area contributed by atoms with Crippen molar-refractivity contribution in [3.8, 4) is 0 Å². The molecule has 0 fully saturated rings. The highest BCUT2D eigenvalue weighted by atomic mass is 19.1. The molecular weight excluding hydrogens is 193 g/mol. The van der Waals surface area contributed by atoms with Crippen LogP contribution in [0.1, 0.15) is 27.7 Å². The Morgan fingerprint density at radius 3 is 2.27 bits per heavy atom. The zero-order valence-electron chi connectivity index (χ0n) is 9.93. The van der Waals surface area contributed by atoms with Crippen molar-refractivity contribution in [3.05, 3.63) is 36.0 Å². The Morgan fingerprint density at radius 2 is 1.93 bits per heavy atom. The number of halogens is 1. The van der Waals surface area contributed by atoms with E-state index in [0.29, 0.717) is 17.9 Å². The molecule has 0 saturated heterocycles. The molecule has 0 unspecified atom stereocenters. The highest BCUT2D eigenvalue weighted by Gasteiger charge is 2.18. The van der Waals surface area contributed by atoms with E-state index >= 15 is 0 Å². The van der Waals surface area contributed by atoms with Crippen molar-refractivity contribution in [1.82, 2.24) is 0 Å². The summed E-state index contributed by atoms with van der Waals surface area (Å²) in [4.78, 5) is 0. The lowest BCUT2D eigenvalue weighted by molar-refractivity contribution is 0.244. The summed E-state index contributed by atoms with van der Waals surface area (Å²) in [5, 5.41) is 0. The molecule has 0 aromatic rings. The largest absolute Gasteiger partial charge is 0.495 e. The average Bonchev–Trinajstić information content (AvgIpc) is 2.01. The van der Waals surface area contributed by atoms with Crippen molar-refractivity contribution in [2.75, 3.05) is 6.61 Å². The van der Waals surface area contributed by atoms with E-state index in [1.165, 1.54) is 0 Å². The predicted molar refractivity (Wildman–Crippen MR) is 61.7 cm³/mol. The van der Waals surface area contributed by atoms with Gasteiger partial charge in [-0.3, -0.25) is 0 Å². The van der Waals surface area contributed by atoms with Gasteiger partial charge < -0.3 is 10.5 Å². The van der Waals surface area contributed by atoms with Gasteiger partial charge in [-0.1, -0.05) is 33.4 Å². The Labute approximate surface area is 91.3 Å². The fraction of sp³-hybridized carbons (Fsp3) is 0.500. The molecule has 86 valence electrons. The topological polar surface area (TPSA) is 35.2 Å². The van der Waals surface area contributed by atoms with Crippen LogP contribution in [0.4, 0.5) is 4.39 Å². The molecule has 0 aliphatic rings. The lowest BCUT2D eigenvalue weighted by atomic mass is 9.86. The van der Waals surface area contributed by atoms with Gasteiger partial charge in [0.2, 0.25) is 0 Å². The van der Waals surface area contributed by atoms with E-state index in [9.17, 15) is 4.39 Å². The van der Waals surface area contributed by atoms with E-state index in [1.54, 1.807) is 12.2 Å². The Hall–Kier alpha value is -1.25. The van der Waals surface area contributed by atoms with Crippen LogP contribution in [0.15, 0.2) is 36.0 Å². The maximum absolute atomic E-state index is 13.0. The fourth-order valence-electron chi connectivity index (χ4n) is 1.10. The third-order valence-electron chi connectivity index (χ3n) is 1.83. The van der Waals surface area contributed by atoms with Crippen LogP contribution in [0.25, 0.3) is 0 Å². The van der Waals surface area contributed by atoms with E-state index < -0.39 is 5.95 Å². The van der Waals surface area contributed by atoms with Gasteiger partial charge in [0.15, 0.2) is 5.95 Å². The van der Waals surface area contributed by atoms with E-state index in [1.807, 2.05) is 27.7 Å². The Kier molecular flexibility index (Phi) is 5.12. The first-order chi connectivity index (χ1) is 6.79. The molecule has 0 atom stereocenters. The standard InChI is InChI=1S/C12H20FNO/c1-6-15-9(2)7-8-10(11(13)14)12(3,4)5/h7-8H,2,6,14H2,1,3-5H3/b8-7-,11-10+. The van der Waals surface area contributed by atoms with Gasteiger partial charge in [-0.2, -0.15) is 4.39 Å². The van der Waals surface area contributed by atoms with Crippen LogP contribution in [0.2, 0.25) is 0 Å². The minimum atomic E-state index is -0.664. The highest BCUT2D eigenvalue weighted by Crippen LogP contribution is 2.28. The number of nitrogens with two attached hydrogens (primary N) is 1. The predicted octanol–water partition coefficient (Wildman–Crippen LogP) is 3.28. The molecule has 0 aromatic carbocycles. The molecule has 0 saturated carbocycles. The average molecular weight is 213 g/mol. The van der Waals surface area contributed by atoms with Crippen molar-refractivity contribution >= 4 is 0 Å². The molecule has 0 aliphatic heterocycles. The fourth-order valence-corrected chi connectivity index (χ4v) is 1.10. The first-order valence-electron chi connectivity index (χ1n) is 4.94. The summed E-state index contributed by atoms with van der Waals surface area (Å²) in [6.07, 6.45) is 3.23. The van der Waals surface area contributed by atoms with Gasteiger partial charge >= 0.3 is 0 Å². The molecule has 2 nitrogen and oxygen atoms in total. The number of rotatable bonds is 4. The Bertz CT molecular complexity index is 280. The van der Waals surface area contributed by atoms with E-state index in [-0.39, 0.29) is 5.41 Å². The third kappa shape index (κ3) is 5.25. The third-order valence-corrected chi connectivity index (χ3v) is 1.83. The minimum absolute atomic E-state index is 0.332. The van der Waals surface area contributed by atoms with Crippen LogP contribution in [0, 0.1) is 5.41 Å². The summed E-state index contributed by atoms with van der Waals surface area (Å²) in [5.74, 6) is -0.163. The smallest absolute Gasteiger partial charge is 0.188 e. The van der Waals surface area contributed by atoms with E-state index in [0.717, 1.165) is 0 Å². The maximum atomic E-state index is 13.0. The van der Waals surface area contributed by atoms with Gasteiger partial charge in [0.25, 0.3) is 0 Å². The molecule has 0 bridgehead atoms. The zero-order valence-corrected chi connectivity index (χ0v) is 9.93. The van der Waals surface area contributed by atoms with Crippen LogP contribution in [0.5, 0.6) is 0 Å². The second-order valence-electron chi connectivity index (χ2n) is 4.24. The molecule has 0 aliphatic carbocycles. The second-order valence-corrected chi connectivity index (χ2v) is 4.24. The summed E-state index contributed by atoms with van der Waals surface area (Å²) < 4.78 is 18.2. The lowest BCUT2D eigenvalue weighted by Crippen LogP contribution is -2.12. The van der Waals surface area contributed by atoms with Crippen LogP contribution >= 0.6 is 0 Å². The van der Waals surface area contributed by atoms with Crippen LogP contribution in [-0.4, -0.2) is 6.61 Å². The summed E-state index contributed by atoms with van der Waals surface area (Å²) in [6, 6.07) is 0. The summed E-state index contributed by atoms with van der Waals surface area (Å²) >= 11 is 0. The van der Waals surface area contributed by atoms with Crippen LogP contribution in [0.3, 0.4) is 0 Å². The molecule has 0 radical (unpaired) electrons. The normalized spacial score (nSPS) is 13.9. The molecule has 0 spiro atoms. The quantitative estimate of drug-likeness (QED) is 0.442. The first kappa shape index (κ1) is 13.8. The second kappa shape index (κ2) is 5.59. The van der Waals surface area contributed by atoms with Crippen molar-refractivity contribution in [3.63, 3.8) is 0 Å². The zero-order chi connectivity index (χ0) is 12.1. The van der Waals surface area contributed by atoms with Crippen molar-refractivity contribution < 1.29 is 9.13 Å². The lowest BCUT2D eigenvalue weighted by Gasteiger charge is -2.20. The number of hydrogen-bond acceptors (Lipinski definition) is 2.